The van der Waals surface area contributed by atoms with Gasteiger partial charge >= 0.3 is 0 Å². The Hall–Kier alpha value is -3.34. The molecular formula is C33H40N2O8. The van der Waals surface area contributed by atoms with E-state index < -0.39 is 11.7 Å². The molecule has 5 aliphatic carbocycles. The van der Waals surface area contributed by atoms with Crippen molar-refractivity contribution in [3.63, 3.8) is 0 Å². The molecule has 7 rings (SSSR count). The summed E-state index contributed by atoms with van der Waals surface area (Å²) in [5.74, 6) is 1.25. The minimum atomic E-state index is -0.528. The second-order valence-electron chi connectivity index (χ2n) is 12.6. The van der Waals surface area contributed by atoms with Gasteiger partial charge in [-0.1, -0.05) is 24.3 Å². The summed E-state index contributed by atoms with van der Waals surface area (Å²) in [5, 5.41) is 5.70. The fourth-order valence-electron chi connectivity index (χ4n) is 8.02. The van der Waals surface area contributed by atoms with Crippen LogP contribution in [0.15, 0.2) is 34.7 Å². The number of ketones is 2. The van der Waals surface area contributed by atoms with Gasteiger partial charge in [0.05, 0.1) is 45.2 Å². The maximum absolute atomic E-state index is 12.7. The molecule has 43 heavy (non-hydrogen) atoms. The van der Waals surface area contributed by atoms with E-state index in [1.807, 2.05) is 0 Å². The molecule has 4 fully saturated rings. The highest BCUT2D eigenvalue weighted by atomic mass is 16.5. The van der Waals surface area contributed by atoms with Crippen molar-refractivity contribution in [1.29, 1.82) is 0 Å². The average Bonchev–Trinajstić information content (AvgIpc) is 3.44. The highest BCUT2D eigenvalue weighted by Gasteiger charge is 2.51. The molecule has 2 N–H and O–H groups in total. The summed E-state index contributed by atoms with van der Waals surface area (Å²) in [6.45, 7) is 3.06. The van der Waals surface area contributed by atoms with Gasteiger partial charge < -0.3 is 29.3 Å². The van der Waals surface area contributed by atoms with Gasteiger partial charge in [-0.05, 0) is 61.7 Å². The number of ether oxygens (including phenoxy) is 3. The van der Waals surface area contributed by atoms with Crippen molar-refractivity contribution >= 4 is 23.4 Å². The number of hydrogen-bond donors (Lipinski definition) is 2. The van der Waals surface area contributed by atoms with Crippen molar-refractivity contribution in [3.8, 4) is 0 Å². The molecule has 0 spiro atoms. The van der Waals surface area contributed by atoms with Gasteiger partial charge in [0.15, 0.2) is 17.3 Å². The van der Waals surface area contributed by atoms with E-state index in [2.05, 4.69) is 10.6 Å². The standard InChI is InChI=1S/C33H40N2O8/c36-28(20-33-17-21-13-22(18-33)15-23(14-21)19-33)34-5-7-40-9-11-42-12-10-41-8-6-35-32(39)27-16-26-29(37)24-3-1-2-4-25(24)30(38)31(26)43-27/h1-4,16,21-23H,5-15,17-20H2,(H,34,36)(H,35,39). The van der Waals surface area contributed by atoms with E-state index in [0.717, 1.165) is 17.8 Å². The fraction of sp³-hybridized carbons (Fsp3) is 0.576. The van der Waals surface area contributed by atoms with E-state index in [1.165, 1.54) is 44.6 Å². The third kappa shape index (κ3) is 6.76. The predicted octanol–water partition coefficient (Wildman–Crippen LogP) is 3.56. The van der Waals surface area contributed by atoms with Gasteiger partial charge in [-0.15, -0.1) is 0 Å². The number of hydrogen-bond acceptors (Lipinski definition) is 8. The Morgan fingerprint density at radius 2 is 1.28 bits per heavy atom. The number of furan rings is 1. The van der Waals surface area contributed by atoms with Gasteiger partial charge in [0.2, 0.25) is 11.7 Å². The van der Waals surface area contributed by atoms with Gasteiger partial charge in [0.1, 0.15) is 0 Å². The molecule has 0 aliphatic heterocycles. The molecule has 0 radical (unpaired) electrons. The molecule has 4 saturated carbocycles. The Morgan fingerprint density at radius 1 is 0.744 bits per heavy atom. The summed E-state index contributed by atoms with van der Waals surface area (Å²) in [4.78, 5) is 50.4. The van der Waals surface area contributed by atoms with Gasteiger partial charge in [-0.2, -0.15) is 0 Å². The normalized spacial score (nSPS) is 25.0. The molecule has 230 valence electrons. The Labute approximate surface area is 251 Å². The molecule has 0 atom stereocenters. The molecule has 2 amide bonds. The minimum absolute atomic E-state index is 0.0926. The maximum atomic E-state index is 12.7. The Balaban J connectivity index is 0.773. The molecule has 1 heterocycles. The maximum Gasteiger partial charge on any atom is 0.287 e. The Morgan fingerprint density at radius 3 is 1.88 bits per heavy atom. The third-order valence-electron chi connectivity index (χ3n) is 9.37. The van der Waals surface area contributed by atoms with Crippen LogP contribution in [0, 0.1) is 23.2 Å². The summed E-state index contributed by atoms with van der Waals surface area (Å²) in [6.07, 6.45) is 8.57. The molecular weight excluding hydrogens is 552 g/mol. The van der Waals surface area contributed by atoms with E-state index in [0.29, 0.717) is 51.6 Å². The molecule has 4 bridgehead atoms. The van der Waals surface area contributed by atoms with Gasteiger partial charge in [-0.3, -0.25) is 19.2 Å². The van der Waals surface area contributed by atoms with Crippen LogP contribution < -0.4 is 10.6 Å². The summed E-state index contributed by atoms with van der Waals surface area (Å²) in [6, 6.07) is 7.84. The van der Waals surface area contributed by atoms with E-state index in [4.69, 9.17) is 18.6 Å². The zero-order valence-electron chi connectivity index (χ0n) is 24.5. The lowest BCUT2D eigenvalue weighted by Gasteiger charge is -2.56. The summed E-state index contributed by atoms with van der Waals surface area (Å²) >= 11 is 0. The molecule has 1 aromatic heterocycles. The first kappa shape index (κ1) is 29.7. The number of carbonyl (C=O) groups is 4. The first-order valence-electron chi connectivity index (χ1n) is 15.5. The molecule has 2 aromatic rings. The van der Waals surface area contributed by atoms with E-state index in [9.17, 15) is 19.2 Å². The Kier molecular flexibility index (Phi) is 9.06. The van der Waals surface area contributed by atoms with Crippen LogP contribution in [0.3, 0.4) is 0 Å². The van der Waals surface area contributed by atoms with Gasteiger partial charge in [-0.25, -0.2) is 0 Å². The molecule has 0 saturated heterocycles. The third-order valence-corrected chi connectivity index (χ3v) is 9.37. The monoisotopic (exact) mass is 592 g/mol. The molecule has 0 unspecified atom stereocenters. The number of rotatable bonds is 15. The number of amides is 2. The average molecular weight is 593 g/mol. The van der Waals surface area contributed by atoms with Gasteiger partial charge in [0, 0.05) is 36.7 Å². The first-order chi connectivity index (χ1) is 20.9. The predicted molar refractivity (Wildman–Crippen MR) is 155 cm³/mol. The number of carbonyl (C=O) groups excluding carboxylic acids is 4. The summed E-state index contributed by atoms with van der Waals surface area (Å²) < 4.78 is 22.0. The van der Waals surface area contributed by atoms with Crippen molar-refractivity contribution in [2.75, 3.05) is 52.7 Å². The SMILES string of the molecule is O=C(CC12CC3CC(CC(C3)C1)C2)NCCOCCOCCOCCNC(=O)c1cc2c(o1)C(=O)c1ccccc1C2=O. The van der Waals surface area contributed by atoms with Crippen LogP contribution in [-0.2, 0) is 19.0 Å². The second-order valence-corrected chi connectivity index (χ2v) is 12.6. The molecule has 5 aliphatic rings. The molecule has 10 heteroatoms. The lowest BCUT2D eigenvalue weighted by Crippen LogP contribution is -2.48. The summed E-state index contributed by atoms with van der Waals surface area (Å²) in [7, 11) is 0. The minimum Gasteiger partial charge on any atom is -0.447 e. The van der Waals surface area contributed by atoms with Gasteiger partial charge in [0.25, 0.3) is 5.91 Å². The van der Waals surface area contributed by atoms with Crippen LogP contribution in [0.1, 0.15) is 87.5 Å². The highest BCUT2D eigenvalue weighted by molar-refractivity contribution is 6.27. The van der Waals surface area contributed by atoms with E-state index in [1.54, 1.807) is 24.3 Å². The lowest BCUT2D eigenvalue weighted by molar-refractivity contribution is -0.129. The molecule has 1 aromatic carbocycles. The quantitative estimate of drug-likeness (QED) is 0.256. The zero-order valence-corrected chi connectivity index (χ0v) is 24.5. The lowest BCUT2D eigenvalue weighted by atomic mass is 9.49. The fourth-order valence-corrected chi connectivity index (χ4v) is 8.02. The van der Waals surface area contributed by atoms with Crippen LogP contribution in [0.2, 0.25) is 0 Å². The first-order valence-corrected chi connectivity index (χ1v) is 15.5. The second kappa shape index (κ2) is 13.1. The summed E-state index contributed by atoms with van der Waals surface area (Å²) in [5.41, 5.74) is 0.940. The topological polar surface area (TPSA) is 133 Å². The van der Waals surface area contributed by atoms with Crippen LogP contribution >= 0.6 is 0 Å². The van der Waals surface area contributed by atoms with Crippen molar-refractivity contribution in [2.24, 2.45) is 23.2 Å². The smallest absolute Gasteiger partial charge is 0.287 e. The molecule has 10 nitrogen and oxygen atoms in total. The largest absolute Gasteiger partial charge is 0.447 e. The van der Waals surface area contributed by atoms with Crippen molar-refractivity contribution in [3.05, 3.63) is 58.5 Å². The van der Waals surface area contributed by atoms with Crippen molar-refractivity contribution in [2.45, 2.75) is 44.9 Å². The van der Waals surface area contributed by atoms with E-state index >= 15 is 0 Å². The zero-order chi connectivity index (χ0) is 29.8. The van der Waals surface area contributed by atoms with E-state index in [-0.39, 0.29) is 52.9 Å². The highest BCUT2D eigenvalue weighted by Crippen LogP contribution is 2.61. The number of benzene rings is 1. The van der Waals surface area contributed by atoms with Crippen LogP contribution in [0.5, 0.6) is 0 Å². The Bertz CT molecular complexity index is 1280. The van der Waals surface area contributed by atoms with Crippen LogP contribution in [0.4, 0.5) is 0 Å². The van der Waals surface area contributed by atoms with Crippen molar-refractivity contribution < 1.29 is 37.8 Å². The van der Waals surface area contributed by atoms with Crippen LogP contribution in [0.25, 0.3) is 0 Å². The number of nitrogens with one attached hydrogen (secondary N) is 2. The van der Waals surface area contributed by atoms with Crippen molar-refractivity contribution in [1.82, 2.24) is 10.6 Å². The van der Waals surface area contributed by atoms with Crippen LogP contribution in [-0.4, -0.2) is 76.1 Å². The number of fused-ring (bicyclic) bond motifs is 2.